The summed E-state index contributed by atoms with van der Waals surface area (Å²) in [6.07, 6.45) is 1.70. The van der Waals surface area contributed by atoms with Crippen molar-refractivity contribution in [1.82, 2.24) is 0 Å². The molecular formula is C22H42N6O8. The Balaban J connectivity index is 4.03. The summed E-state index contributed by atoms with van der Waals surface area (Å²) in [6, 6.07) is 0. The van der Waals surface area contributed by atoms with Crippen LogP contribution in [-0.4, -0.2) is 119 Å². The highest BCUT2D eigenvalue weighted by Crippen LogP contribution is 2.18. The van der Waals surface area contributed by atoms with E-state index in [0.29, 0.717) is 119 Å². The minimum absolute atomic E-state index is 0.309. The van der Waals surface area contributed by atoms with E-state index >= 15 is 0 Å². The lowest BCUT2D eigenvalue weighted by molar-refractivity contribution is -0.0810. The molecule has 0 rings (SSSR count). The molecular weight excluding hydrogens is 476 g/mol. The average molecular weight is 519 g/mol. The van der Waals surface area contributed by atoms with Crippen LogP contribution in [0.1, 0.15) is 6.92 Å². The molecule has 208 valence electrons. The second-order valence-corrected chi connectivity index (χ2v) is 7.69. The van der Waals surface area contributed by atoms with E-state index in [1.54, 1.807) is 6.08 Å². The third kappa shape index (κ3) is 25.1. The van der Waals surface area contributed by atoms with E-state index in [4.69, 9.17) is 49.0 Å². The maximum atomic E-state index is 8.19. The van der Waals surface area contributed by atoms with E-state index in [1.165, 1.54) is 0 Å². The van der Waals surface area contributed by atoms with Crippen molar-refractivity contribution in [2.24, 2.45) is 15.6 Å². The third-order valence-corrected chi connectivity index (χ3v) is 4.25. The first-order chi connectivity index (χ1) is 17.7. The van der Waals surface area contributed by atoms with Gasteiger partial charge in [-0.15, -0.1) is 6.58 Å². The first kappa shape index (κ1) is 34.0. The summed E-state index contributed by atoms with van der Waals surface area (Å²) in [5.74, 6) is 0. The van der Waals surface area contributed by atoms with Crippen molar-refractivity contribution >= 4 is 0 Å². The Labute approximate surface area is 213 Å². The van der Waals surface area contributed by atoms with E-state index < -0.39 is 0 Å². The zero-order chi connectivity index (χ0) is 26.4. The number of hydrogen-bond donors (Lipinski definition) is 0. The van der Waals surface area contributed by atoms with Crippen LogP contribution in [0.5, 0.6) is 0 Å². The predicted molar refractivity (Wildman–Crippen MR) is 133 cm³/mol. The molecule has 0 radical (unpaired) electrons. The molecule has 0 aromatic carbocycles. The summed E-state index contributed by atoms with van der Waals surface area (Å²) in [7, 11) is 0. The molecule has 0 saturated carbocycles. The molecule has 36 heavy (non-hydrogen) atoms. The smallest absolute Gasteiger partial charge is 0.0704 e. The van der Waals surface area contributed by atoms with Crippen molar-refractivity contribution in [1.29, 1.82) is 0 Å². The maximum Gasteiger partial charge on any atom is 0.0704 e. The molecule has 0 fully saturated rings. The van der Waals surface area contributed by atoms with E-state index in [-0.39, 0.29) is 5.41 Å². The fourth-order valence-corrected chi connectivity index (χ4v) is 2.55. The van der Waals surface area contributed by atoms with Gasteiger partial charge < -0.3 is 37.9 Å². The summed E-state index contributed by atoms with van der Waals surface area (Å²) in [5.41, 5.74) is 16.0. The summed E-state index contributed by atoms with van der Waals surface area (Å²) in [4.78, 5) is 5.31. The van der Waals surface area contributed by atoms with Gasteiger partial charge in [0.05, 0.1) is 106 Å². The van der Waals surface area contributed by atoms with E-state index in [1.807, 2.05) is 6.92 Å². The van der Waals surface area contributed by atoms with Crippen LogP contribution in [0.3, 0.4) is 0 Å². The van der Waals surface area contributed by atoms with Crippen LogP contribution >= 0.6 is 0 Å². The van der Waals surface area contributed by atoms with Crippen molar-refractivity contribution in [3.05, 3.63) is 33.5 Å². The van der Waals surface area contributed by atoms with E-state index in [0.717, 1.165) is 0 Å². The molecule has 0 saturated heterocycles. The highest BCUT2D eigenvalue weighted by molar-refractivity contribution is 4.73. The lowest BCUT2D eigenvalue weighted by atomic mass is 9.94. The molecule has 0 unspecified atom stereocenters. The van der Waals surface area contributed by atoms with Gasteiger partial charge in [0.25, 0.3) is 0 Å². The number of nitrogens with zero attached hydrogens (tertiary/aromatic N) is 6. The number of ether oxygens (including phenoxy) is 8. The van der Waals surface area contributed by atoms with Crippen LogP contribution < -0.4 is 0 Å². The van der Waals surface area contributed by atoms with Gasteiger partial charge in [-0.25, -0.2) is 0 Å². The zero-order valence-electron chi connectivity index (χ0n) is 21.5. The summed E-state index contributed by atoms with van der Waals surface area (Å²) >= 11 is 0. The Kier molecular flexibility index (Phi) is 26.1. The van der Waals surface area contributed by atoms with Crippen molar-refractivity contribution in [2.45, 2.75) is 6.92 Å². The second-order valence-electron chi connectivity index (χ2n) is 7.69. The summed E-state index contributed by atoms with van der Waals surface area (Å²) < 4.78 is 44.2. The predicted octanol–water partition coefficient (Wildman–Crippen LogP) is 2.93. The fourth-order valence-electron chi connectivity index (χ4n) is 2.55. The minimum Gasteiger partial charge on any atom is -0.379 e. The van der Waals surface area contributed by atoms with Gasteiger partial charge in [0.2, 0.25) is 0 Å². The Morgan fingerprint density at radius 1 is 0.583 bits per heavy atom. The second kappa shape index (κ2) is 27.6. The first-order valence-electron chi connectivity index (χ1n) is 11.9. The standard InChI is InChI=1S/C22H42N6O8/c1-3-6-29-13-16-34-19-22(2,20-35-17-14-32-11-9-30-7-4-25-27-23)21-36-18-15-33-12-10-31-8-5-26-28-24/h3H,1,4-21H2,2H3. The normalized spacial score (nSPS) is 12.5. The highest BCUT2D eigenvalue weighted by atomic mass is 16.6. The Bertz CT molecular complexity index is 565. The van der Waals surface area contributed by atoms with Gasteiger partial charge in [0.15, 0.2) is 0 Å². The molecule has 0 heterocycles. The molecule has 0 aliphatic heterocycles. The van der Waals surface area contributed by atoms with Crippen molar-refractivity contribution in [2.75, 3.05) is 119 Å². The minimum atomic E-state index is -0.354. The van der Waals surface area contributed by atoms with Gasteiger partial charge in [-0.1, -0.05) is 23.2 Å². The van der Waals surface area contributed by atoms with Gasteiger partial charge in [-0.3, -0.25) is 0 Å². The highest BCUT2D eigenvalue weighted by Gasteiger charge is 2.26. The quantitative estimate of drug-likeness (QED) is 0.0478. The Hall–Kier alpha value is -1.96. The molecule has 0 bridgehead atoms. The average Bonchev–Trinajstić information content (AvgIpc) is 2.88. The third-order valence-electron chi connectivity index (χ3n) is 4.25. The van der Waals surface area contributed by atoms with Crippen LogP contribution in [0.25, 0.3) is 20.9 Å². The largest absolute Gasteiger partial charge is 0.379 e. The number of azide groups is 2. The molecule has 0 atom stereocenters. The van der Waals surface area contributed by atoms with Gasteiger partial charge in [-0.05, 0) is 11.1 Å². The van der Waals surface area contributed by atoms with Crippen molar-refractivity contribution < 1.29 is 37.9 Å². The van der Waals surface area contributed by atoms with Crippen molar-refractivity contribution in [3.8, 4) is 0 Å². The fraction of sp³-hybridized carbons (Fsp3) is 0.909. The summed E-state index contributed by atoms with van der Waals surface area (Å²) in [5, 5.41) is 6.77. The van der Waals surface area contributed by atoms with Crippen LogP contribution in [0.4, 0.5) is 0 Å². The molecule has 0 aromatic heterocycles. The molecule has 14 heteroatoms. The van der Waals surface area contributed by atoms with Crippen LogP contribution in [0.2, 0.25) is 0 Å². The molecule has 0 amide bonds. The topological polar surface area (TPSA) is 171 Å². The van der Waals surface area contributed by atoms with Gasteiger partial charge in [-0.2, -0.15) is 0 Å². The maximum absolute atomic E-state index is 8.19. The molecule has 0 aliphatic rings. The van der Waals surface area contributed by atoms with Crippen LogP contribution in [0.15, 0.2) is 22.9 Å². The van der Waals surface area contributed by atoms with Gasteiger partial charge in [0, 0.05) is 28.3 Å². The summed E-state index contributed by atoms with van der Waals surface area (Å²) in [6.45, 7) is 13.2. The molecule has 0 aromatic rings. The molecule has 0 aliphatic carbocycles. The van der Waals surface area contributed by atoms with E-state index in [2.05, 4.69) is 26.6 Å². The van der Waals surface area contributed by atoms with Crippen LogP contribution in [0, 0.1) is 5.41 Å². The number of hydrogen-bond acceptors (Lipinski definition) is 10. The van der Waals surface area contributed by atoms with Gasteiger partial charge >= 0.3 is 0 Å². The molecule has 0 spiro atoms. The first-order valence-corrected chi connectivity index (χ1v) is 11.9. The SMILES string of the molecule is C=CCOCCOCC(C)(COCCOCCOCCN=[N+]=[N-])COCCOCCOCCN=[N+]=[N-]. The monoisotopic (exact) mass is 518 g/mol. The Morgan fingerprint density at radius 3 is 1.28 bits per heavy atom. The number of rotatable bonds is 29. The zero-order valence-corrected chi connectivity index (χ0v) is 21.5. The van der Waals surface area contributed by atoms with E-state index in [9.17, 15) is 0 Å². The Morgan fingerprint density at radius 2 is 0.917 bits per heavy atom. The molecule has 0 N–H and O–H groups in total. The van der Waals surface area contributed by atoms with Crippen molar-refractivity contribution in [3.63, 3.8) is 0 Å². The van der Waals surface area contributed by atoms with Crippen LogP contribution in [-0.2, 0) is 37.9 Å². The van der Waals surface area contributed by atoms with Gasteiger partial charge in [0.1, 0.15) is 0 Å². The lowest BCUT2D eigenvalue weighted by Gasteiger charge is -2.29. The lowest BCUT2D eigenvalue weighted by Crippen LogP contribution is -2.35. The molecule has 14 nitrogen and oxygen atoms in total.